The van der Waals surface area contributed by atoms with E-state index in [2.05, 4.69) is 39.0 Å². The number of hydrogen-bond acceptors (Lipinski definition) is 9. The molecule has 204 valence electrons. The minimum atomic E-state index is -0.469. The van der Waals surface area contributed by atoms with Crippen LogP contribution in [0.2, 0.25) is 0 Å². The molecule has 1 saturated heterocycles. The molecule has 0 saturated carbocycles. The fourth-order valence-electron chi connectivity index (χ4n) is 4.53. The summed E-state index contributed by atoms with van der Waals surface area (Å²) in [6.07, 6.45) is 0.129. The third-order valence-electron chi connectivity index (χ3n) is 6.62. The van der Waals surface area contributed by atoms with E-state index < -0.39 is 6.09 Å². The van der Waals surface area contributed by atoms with Crippen molar-refractivity contribution in [2.75, 3.05) is 25.6 Å². The molecular weight excluding hydrogens is 518 g/mol. The number of benzene rings is 1. The third kappa shape index (κ3) is 5.74. The van der Waals surface area contributed by atoms with E-state index in [4.69, 9.17) is 14.2 Å². The lowest BCUT2D eigenvalue weighted by Crippen LogP contribution is -2.25. The molecule has 10 nitrogen and oxygen atoms in total. The van der Waals surface area contributed by atoms with Gasteiger partial charge in [0.2, 0.25) is 0 Å². The Hall–Kier alpha value is -3.96. The van der Waals surface area contributed by atoms with Crippen LogP contribution in [0.5, 0.6) is 5.75 Å². The Morgan fingerprint density at radius 1 is 1.28 bits per heavy atom. The fourth-order valence-corrected chi connectivity index (χ4v) is 5.45. The molecular formula is C28H31N5O5S. The molecule has 11 heteroatoms. The molecule has 5 rings (SSSR count). The largest absolute Gasteiger partial charge is 0.482 e. The first kappa shape index (κ1) is 26.6. The van der Waals surface area contributed by atoms with Crippen LogP contribution in [-0.4, -0.2) is 47.0 Å². The van der Waals surface area contributed by atoms with Gasteiger partial charge < -0.3 is 24.8 Å². The molecule has 0 unspecified atom stereocenters. The van der Waals surface area contributed by atoms with Gasteiger partial charge in [0.1, 0.15) is 30.0 Å². The van der Waals surface area contributed by atoms with Crippen LogP contribution >= 0.6 is 11.3 Å². The SMILES string of the molecule is CNC(=O)OCc1ccccc1-c1csc([C@@H](C)Nc2nc(C)nc3c2cc(O[C@H]2CCOC2)c(=O)n3C)c1. The Kier molecular flexibility index (Phi) is 7.80. The molecule has 0 radical (unpaired) electrons. The summed E-state index contributed by atoms with van der Waals surface area (Å²) in [6.45, 7) is 5.14. The van der Waals surface area contributed by atoms with E-state index in [0.29, 0.717) is 35.9 Å². The van der Waals surface area contributed by atoms with E-state index >= 15 is 0 Å². The van der Waals surface area contributed by atoms with Crippen LogP contribution < -0.4 is 20.9 Å². The van der Waals surface area contributed by atoms with Crippen LogP contribution in [0, 0.1) is 6.92 Å². The van der Waals surface area contributed by atoms with Crippen LogP contribution in [0.15, 0.2) is 46.6 Å². The Morgan fingerprint density at radius 3 is 2.87 bits per heavy atom. The highest BCUT2D eigenvalue weighted by Gasteiger charge is 2.22. The van der Waals surface area contributed by atoms with Crippen molar-refractivity contribution in [2.45, 2.75) is 39.0 Å². The lowest BCUT2D eigenvalue weighted by atomic mass is 10.0. The summed E-state index contributed by atoms with van der Waals surface area (Å²) >= 11 is 1.63. The van der Waals surface area contributed by atoms with Gasteiger partial charge in [-0.05, 0) is 42.0 Å². The summed E-state index contributed by atoms with van der Waals surface area (Å²) in [5.41, 5.74) is 3.26. The molecule has 1 aromatic carbocycles. The number of aryl methyl sites for hydroxylation is 2. The second-order valence-electron chi connectivity index (χ2n) is 9.42. The number of amides is 1. The predicted molar refractivity (Wildman–Crippen MR) is 150 cm³/mol. The zero-order chi connectivity index (χ0) is 27.5. The van der Waals surface area contributed by atoms with Gasteiger partial charge in [-0.3, -0.25) is 9.36 Å². The van der Waals surface area contributed by atoms with E-state index in [1.165, 1.54) is 11.6 Å². The number of aromatic nitrogens is 3. The maximum atomic E-state index is 13.0. The molecule has 2 N–H and O–H groups in total. The van der Waals surface area contributed by atoms with E-state index in [1.807, 2.05) is 24.3 Å². The minimum absolute atomic E-state index is 0.0830. The van der Waals surface area contributed by atoms with Crippen LogP contribution in [0.4, 0.5) is 10.6 Å². The van der Waals surface area contributed by atoms with Crippen molar-refractivity contribution >= 4 is 34.3 Å². The number of rotatable bonds is 8. The molecule has 0 spiro atoms. The molecule has 0 aliphatic carbocycles. The van der Waals surface area contributed by atoms with E-state index in [-0.39, 0.29) is 30.1 Å². The molecule has 0 bridgehead atoms. The maximum Gasteiger partial charge on any atom is 0.407 e. The number of pyridine rings is 1. The summed E-state index contributed by atoms with van der Waals surface area (Å²) in [6, 6.07) is 11.6. The zero-order valence-electron chi connectivity index (χ0n) is 22.3. The van der Waals surface area contributed by atoms with E-state index in [0.717, 1.165) is 28.0 Å². The van der Waals surface area contributed by atoms with Crippen molar-refractivity contribution in [3.63, 3.8) is 0 Å². The van der Waals surface area contributed by atoms with Crippen molar-refractivity contribution in [3.8, 4) is 16.9 Å². The van der Waals surface area contributed by atoms with Gasteiger partial charge >= 0.3 is 6.09 Å². The number of nitrogens with one attached hydrogen (secondary N) is 2. The second-order valence-corrected chi connectivity index (χ2v) is 10.4. The Balaban J connectivity index is 1.42. The van der Waals surface area contributed by atoms with Gasteiger partial charge in [-0.25, -0.2) is 14.8 Å². The summed E-state index contributed by atoms with van der Waals surface area (Å²) in [5.74, 6) is 1.45. The third-order valence-corrected chi connectivity index (χ3v) is 7.73. The lowest BCUT2D eigenvalue weighted by molar-refractivity contribution is 0.140. The van der Waals surface area contributed by atoms with Gasteiger partial charge in [0.05, 0.1) is 24.6 Å². The van der Waals surface area contributed by atoms with Gasteiger partial charge in [-0.15, -0.1) is 11.3 Å². The molecule has 2 atom stereocenters. The maximum absolute atomic E-state index is 13.0. The van der Waals surface area contributed by atoms with Crippen molar-refractivity contribution < 1.29 is 19.0 Å². The molecule has 39 heavy (non-hydrogen) atoms. The number of ether oxygens (including phenoxy) is 3. The Labute approximate surface area is 230 Å². The second kappa shape index (κ2) is 11.4. The van der Waals surface area contributed by atoms with Crippen LogP contribution in [0.1, 0.15) is 35.7 Å². The van der Waals surface area contributed by atoms with Crippen molar-refractivity contribution in [3.05, 3.63) is 68.4 Å². The molecule has 1 fully saturated rings. The summed E-state index contributed by atoms with van der Waals surface area (Å²) in [5, 5.41) is 8.79. The quantitative estimate of drug-likeness (QED) is 0.329. The van der Waals surface area contributed by atoms with Crippen molar-refractivity contribution in [1.82, 2.24) is 19.9 Å². The highest BCUT2D eigenvalue weighted by atomic mass is 32.1. The van der Waals surface area contributed by atoms with Crippen LogP contribution in [0.3, 0.4) is 0 Å². The number of fused-ring (bicyclic) bond motifs is 1. The average molecular weight is 550 g/mol. The molecule has 3 aromatic heterocycles. The smallest absolute Gasteiger partial charge is 0.407 e. The van der Waals surface area contributed by atoms with Crippen molar-refractivity contribution in [1.29, 1.82) is 0 Å². The standard InChI is InChI=1S/C28H31N5O5S/c1-16(24-11-19(15-39-24)21-8-6-5-7-18(21)13-37-28(35)29-3)30-25-22-12-23(38-20-9-10-36-14-20)27(34)33(4)26(22)32-17(2)31-25/h5-8,11-12,15-16,20H,9-10,13-14H2,1-4H3,(H,29,35)(H,30,31,32)/t16-,20+/m1/s1. The van der Waals surface area contributed by atoms with Gasteiger partial charge in [0.25, 0.3) is 5.56 Å². The first-order valence-electron chi connectivity index (χ1n) is 12.7. The number of alkyl carbamates (subject to hydrolysis) is 1. The molecule has 1 aliphatic rings. The normalized spacial score (nSPS) is 15.7. The number of carbonyl (C=O) groups excluding carboxylic acids is 1. The first-order valence-corrected chi connectivity index (χ1v) is 13.6. The molecule has 1 aliphatic heterocycles. The molecule has 1 amide bonds. The number of carbonyl (C=O) groups is 1. The predicted octanol–water partition coefficient (Wildman–Crippen LogP) is 4.56. The Morgan fingerprint density at radius 2 is 2.10 bits per heavy atom. The Bertz CT molecular complexity index is 1560. The van der Waals surface area contributed by atoms with Gasteiger partial charge in [0.15, 0.2) is 5.75 Å². The topological polar surface area (TPSA) is 117 Å². The summed E-state index contributed by atoms with van der Waals surface area (Å²) in [4.78, 5) is 34.9. The van der Waals surface area contributed by atoms with Gasteiger partial charge in [-0.1, -0.05) is 24.3 Å². The number of thiophene rings is 1. The van der Waals surface area contributed by atoms with Gasteiger partial charge in [0, 0.05) is 31.5 Å². The number of hydrogen-bond donors (Lipinski definition) is 2. The molecule has 4 heterocycles. The number of nitrogens with zero attached hydrogens (tertiary/aromatic N) is 3. The first-order chi connectivity index (χ1) is 18.8. The van der Waals surface area contributed by atoms with Crippen molar-refractivity contribution in [2.24, 2.45) is 7.05 Å². The van der Waals surface area contributed by atoms with Crippen LogP contribution in [-0.2, 0) is 23.1 Å². The highest BCUT2D eigenvalue weighted by molar-refractivity contribution is 7.10. The summed E-state index contributed by atoms with van der Waals surface area (Å²) < 4.78 is 18.2. The monoisotopic (exact) mass is 549 g/mol. The zero-order valence-corrected chi connectivity index (χ0v) is 23.1. The number of anilines is 1. The summed E-state index contributed by atoms with van der Waals surface area (Å²) in [7, 11) is 3.23. The lowest BCUT2D eigenvalue weighted by Gasteiger charge is -2.18. The fraction of sp³-hybridized carbons (Fsp3) is 0.357. The molecule has 4 aromatic rings. The van der Waals surface area contributed by atoms with Gasteiger partial charge in [-0.2, -0.15) is 0 Å². The van der Waals surface area contributed by atoms with E-state index in [1.54, 1.807) is 31.4 Å². The average Bonchev–Trinajstić information content (AvgIpc) is 3.64. The minimum Gasteiger partial charge on any atom is -0.482 e. The van der Waals surface area contributed by atoms with E-state index in [9.17, 15) is 9.59 Å². The highest BCUT2D eigenvalue weighted by Crippen LogP contribution is 2.34. The van der Waals surface area contributed by atoms with Crippen LogP contribution in [0.25, 0.3) is 22.2 Å².